The Hall–Kier alpha value is -0.800. The molecule has 0 aliphatic carbocycles. The maximum Gasteiger partial charge on any atom is 0.126 e. The van der Waals surface area contributed by atoms with Crippen molar-refractivity contribution in [2.45, 2.75) is 38.8 Å². The molecular weight excluding hydrogens is 275 g/mol. The van der Waals surface area contributed by atoms with Gasteiger partial charge < -0.3 is 4.90 Å². The van der Waals surface area contributed by atoms with E-state index in [-0.39, 0.29) is 5.82 Å². The minimum Gasteiger partial charge on any atom is -0.365 e. The minimum atomic E-state index is -0.246. The van der Waals surface area contributed by atoms with Gasteiger partial charge in [-0.05, 0) is 43.5 Å². The van der Waals surface area contributed by atoms with Crippen LogP contribution in [0.15, 0.2) is 18.2 Å². The van der Waals surface area contributed by atoms with E-state index in [1.54, 1.807) is 6.07 Å². The van der Waals surface area contributed by atoms with Gasteiger partial charge in [-0.15, -0.1) is 0 Å². The van der Waals surface area contributed by atoms with Gasteiger partial charge in [-0.3, -0.25) is 4.90 Å². The van der Waals surface area contributed by atoms with E-state index in [1.165, 1.54) is 25.5 Å². The lowest BCUT2D eigenvalue weighted by Crippen LogP contribution is -2.58. The van der Waals surface area contributed by atoms with Crippen LogP contribution in [0.25, 0.3) is 0 Å². The number of anilines is 1. The molecule has 20 heavy (non-hydrogen) atoms. The number of rotatable bonds is 2. The summed E-state index contributed by atoms with van der Waals surface area (Å²) in [5.74, 6) is 0.294. The van der Waals surface area contributed by atoms with Crippen LogP contribution >= 0.6 is 11.6 Å². The Kier molecular flexibility index (Phi) is 3.91. The van der Waals surface area contributed by atoms with Crippen LogP contribution in [0.4, 0.5) is 10.1 Å². The molecule has 1 aromatic carbocycles. The molecule has 0 radical (unpaired) electrons. The third-order valence-corrected chi connectivity index (χ3v) is 4.90. The molecular formula is C16H22ClFN2. The molecule has 2 aliphatic rings. The standard InChI is InChI=1S/C16H22ClFN2/c1-11(2)16-10-19-5-3-4-14(19)9-20(16)15-7-12(17)6-13(18)8-15/h6-8,11,14,16H,3-5,9-10H2,1-2H3. The minimum absolute atomic E-state index is 0.246. The van der Waals surface area contributed by atoms with Crippen LogP contribution in [0.3, 0.4) is 0 Å². The zero-order valence-corrected chi connectivity index (χ0v) is 12.9. The van der Waals surface area contributed by atoms with Crippen molar-refractivity contribution in [3.63, 3.8) is 0 Å². The third kappa shape index (κ3) is 2.66. The van der Waals surface area contributed by atoms with Crippen molar-refractivity contribution in [1.29, 1.82) is 0 Å². The van der Waals surface area contributed by atoms with Crippen LogP contribution in [0.1, 0.15) is 26.7 Å². The van der Waals surface area contributed by atoms with Gasteiger partial charge >= 0.3 is 0 Å². The second-order valence-electron chi connectivity index (χ2n) is 6.38. The first kappa shape index (κ1) is 14.2. The van der Waals surface area contributed by atoms with Gasteiger partial charge in [0.15, 0.2) is 0 Å². The molecule has 4 heteroatoms. The lowest BCUT2D eigenvalue weighted by atomic mass is 9.96. The first-order valence-electron chi connectivity index (χ1n) is 7.51. The van der Waals surface area contributed by atoms with E-state index >= 15 is 0 Å². The second-order valence-corrected chi connectivity index (χ2v) is 6.82. The van der Waals surface area contributed by atoms with E-state index in [0.29, 0.717) is 23.0 Å². The summed E-state index contributed by atoms with van der Waals surface area (Å²) in [6.45, 7) is 7.77. The molecule has 0 bridgehead atoms. The molecule has 2 aliphatic heterocycles. The summed E-state index contributed by atoms with van der Waals surface area (Å²) in [7, 11) is 0. The van der Waals surface area contributed by atoms with Crippen molar-refractivity contribution in [1.82, 2.24) is 4.90 Å². The average molecular weight is 297 g/mol. The number of halogens is 2. The second kappa shape index (κ2) is 5.53. The van der Waals surface area contributed by atoms with Crippen molar-refractivity contribution in [2.24, 2.45) is 5.92 Å². The molecule has 0 amide bonds. The molecule has 2 atom stereocenters. The van der Waals surface area contributed by atoms with Crippen LogP contribution in [0.2, 0.25) is 5.02 Å². The van der Waals surface area contributed by atoms with Gasteiger partial charge in [-0.25, -0.2) is 4.39 Å². The van der Waals surface area contributed by atoms with Crippen LogP contribution in [-0.2, 0) is 0 Å². The van der Waals surface area contributed by atoms with Gasteiger partial charge in [0.1, 0.15) is 5.82 Å². The molecule has 2 fully saturated rings. The normalized spacial score (nSPS) is 27.1. The molecule has 2 saturated heterocycles. The number of hydrogen-bond donors (Lipinski definition) is 0. The number of piperazine rings is 1. The lowest BCUT2D eigenvalue weighted by Gasteiger charge is -2.46. The summed E-state index contributed by atoms with van der Waals surface area (Å²) >= 11 is 6.03. The molecule has 0 aromatic heterocycles. The Morgan fingerprint density at radius 2 is 2.05 bits per heavy atom. The average Bonchev–Trinajstić information content (AvgIpc) is 2.83. The summed E-state index contributed by atoms with van der Waals surface area (Å²) in [5, 5.41) is 0.483. The van der Waals surface area contributed by atoms with Crippen molar-refractivity contribution < 1.29 is 4.39 Å². The Morgan fingerprint density at radius 1 is 1.25 bits per heavy atom. The van der Waals surface area contributed by atoms with E-state index in [1.807, 2.05) is 6.07 Å². The molecule has 0 spiro atoms. The third-order valence-electron chi connectivity index (χ3n) is 4.68. The highest BCUT2D eigenvalue weighted by molar-refractivity contribution is 6.30. The van der Waals surface area contributed by atoms with Crippen LogP contribution in [-0.4, -0.2) is 36.6 Å². The fraction of sp³-hybridized carbons (Fsp3) is 0.625. The smallest absolute Gasteiger partial charge is 0.126 e. The van der Waals surface area contributed by atoms with E-state index in [4.69, 9.17) is 11.6 Å². The van der Waals surface area contributed by atoms with Crippen molar-refractivity contribution in [2.75, 3.05) is 24.5 Å². The fourth-order valence-corrected chi connectivity index (χ4v) is 3.83. The first-order chi connectivity index (χ1) is 9.54. The van der Waals surface area contributed by atoms with Gasteiger partial charge in [-0.2, -0.15) is 0 Å². The van der Waals surface area contributed by atoms with E-state index in [0.717, 1.165) is 18.8 Å². The molecule has 0 saturated carbocycles. The van der Waals surface area contributed by atoms with Crippen molar-refractivity contribution >= 4 is 17.3 Å². The molecule has 2 nitrogen and oxygen atoms in total. The van der Waals surface area contributed by atoms with Gasteiger partial charge in [0.2, 0.25) is 0 Å². The Labute approximate surface area is 125 Å². The summed E-state index contributed by atoms with van der Waals surface area (Å²) < 4.78 is 13.7. The quantitative estimate of drug-likeness (QED) is 0.819. The Balaban J connectivity index is 1.91. The number of hydrogen-bond acceptors (Lipinski definition) is 2. The zero-order valence-electron chi connectivity index (χ0n) is 12.1. The van der Waals surface area contributed by atoms with Crippen molar-refractivity contribution in [3.8, 4) is 0 Å². The highest BCUT2D eigenvalue weighted by Gasteiger charge is 2.37. The zero-order chi connectivity index (χ0) is 14.3. The van der Waals surface area contributed by atoms with Crippen LogP contribution in [0, 0.1) is 11.7 Å². The Morgan fingerprint density at radius 3 is 2.75 bits per heavy atom. The largest absolute Gasteiger partial charge is 0.365 e. The Bertz CT molecular complexity index is 471. The van der Waals surface area contributed by atoms with Crippen LogP contribution < -0.4 is 4.90 Å². The molecule has 2 unspecified atom stereocenters. The fourth-order valence-electron chi connectivity index (χ4n) is 3.62. The first-order valence-corrected chi connectivity index (χ1v) is 7.89. The number of benzene rings is 1. The summed E-state index contributed by atoms with van der Waals surface area (Å²) in [5.41, 5.74) is 0.931. The summed E-state index contributed by atoms with van der Waals surface area (Å²) in [6, 6.07) is 5.94. The molecule has 2 heterocycles. The van der Waals surface area contributed by atoms with Gasteiger partial charge in [-0.1, -0.05) is 25.4 Å². The highest BCUT2D eigenvalue weighted by Crippen LogP contribution is 2.32. The van der Waals surface area contributed by atoms with Gasteiger partial charge in [0.05, 0.1) is 0 Å². The maximum atomic E-state index is 13.7. The van der Waals surface area contributed by atoms with E-state index in [2.05, 4.69) is 23.6 Å². The van der Waals surface area contributed by atoms with E-state index in [9.17, 15) is 4.39 Å². The summed E-state index contributed by atoms with van der Waals surface area (Å²) in [4.78, 5) is 4.97. The predicted octanol–water partition coefficient (Wildman–Crippen LogP) is 3.79. The predicted molar refractivity (Wildman–Crippen MR) is 82.0 cm³/mol. The topological polar surface area (TPSA) is 6.48 Å². The van der Waals surface area contributed by atoms with Crippen LogP contribution in [0.5, 0.6) is 0 Å². The van der Waals surface area contributed by atoms with Crippen molar-refractivity contribution in [3.05, 3.63) is 29.0 Å². The van der Waals surface area contributed by atoms with Gasteiger partial charge in [0.25, 0.3) is 0 Å². The SMILES string of the molecule is CC(C)C1CN2CCCC2CN1c1cc(F)cc(Cl)c1. The molecule has 110 valence electrons. The number of nitrogens with zero attached hydrogens (tertiary/aromatic N) is 2. The highest BCUT2D eigenvalue weighted by atomic mass is 35.5. The number of fused-ring (bicyclic) bond motifs is 1. The van der Waals surface area contributed by atoms with Gasteiger partial charge in [0, 0.05) is 35.9 Å². The summed E-state index contributed by atoms with van der Waals surface area (Å²) in [6.07, 6.45) is 2.54. The molecule has 1 aromatic rings. The molecule has 3 rings (SSSR count). The lowest BCUT2D eigenvalue weighted by molar-refractivity contribution is 0.176. The molecule has 0 N–H and O–H groups in total. The maximum absolute atomic E-state index is 13.7. The monoisotopic (exact) mass is 296 g/mol. The van der Waals surface area contributed by atoms with E-state index < -0.39 is 0 Å².